The zero-order valence-corrected chi connectivity index (χ0v) is 15.7. The Balaban J connectivity index is 1.99. The molecular formula is C19H24N2O6. The number of carbonyl (C=O) groups is 1. The van der Waals surface area contributed by atoms with Crippen LogP contribution < -0.4 is 14.8 Å². The highest BCUT2D eigenvalue weighted by Gasteiger charge is 2.30. The van der Waals surface area contributed by atoms with Crippen LogP contribution in [-0.2, 0) is 4.74 Å². The van der Waals surface area contributed by atoms with Crippen molar-refractivity contribution in [2.45, 2.75) is 57.8 Å². The van der Waals surface area contributed by atoms with Gasteiger partial charge in [0, 0.05) is 24.6 Å². The number of alkyl carbamates (subject to hydrolysis) is 1. The fourth-order valence-electron chi connectivity index (χ4n) is 2.79. The lowest BCUT2D eigenvalue weighted by Gasteiger charge is -2.21. The molecule has 0 radical (unpaired) electrons. The Kier molecular flexibility index (Phi) is 6.50. The first kappa shape index (κ1) is 20.4. The van der Waals surface area contributed by atoms with Gasteiger partial charge in [0.15, 0.2) is 0 Å². The molecule has 146 valence electrons. The van der Waals surface area contributed by atoms with Crippen molar-refractivity contribution >= 4 is 11.8 Å². The number of ether oxygens (including phenoxy) is 3. The summed E-state index contributed by atoms with van der Waals surface area (Å²) in [5, 5.41) is 14.0. The topological polar surface area (TPSA) is 99.9 Å². The minimum atomic E-state index is -0.571. The van der Waals surface area contributed by atoms with Crippen LogP contribution in [0.15, 0.2) is 18.2 Å². The van der Waals surface area contributed by atoms with Crippen molar-refractivity contribution in [2.24, 2.45) is 0 Å². The number of amides is 1. The number of nitrogens with zero attached hydrogens (tertiary/aromatic N) is 1. The molecule has 1 aromatic carbocycles. The van der Waals surface area contributed by atoms with Crippen LogP contribution in [0.1, 0.15) is 40.0 Å². The van der Waals surface area contributed by atoms with Crippen LogP contribution >= 0.6 is 0 Å². The number of hydrogen-bond donors (Lipinski definition) is 1. The molecule has 0 bridgehead atoms. The van der Waals surface area contributed by atoms with Crippen molar-refractivity contribution in [3.8, 4) is 23.8 Å². The van der Waals surface area contributed by atoms with E-state index in [9.17, 15) is 14.9 Å². The van der Waals surface area contributed by atoms with Crippen molar-refractivity contribution < 1.29 is 23.9 Å². The first-order valence-electron chi connectivity index (χ1n) is 8.69. The molecule has 8 nitrogen and oxygen atoms in total. The van der Waals surface area contributed by atoms with E-state index >= 15 is 0 Å². The molecule has 27 heavy (non-hydrogen) atoms. The summed E-state index contributed by atoms with van der Waals surface area (Å²) in [6.07, 6.45) is 6.31. The quantitative estimate of drug-likeness (QED) is 0.464. The Hall–Kier alpha value is -2.95. The predicted molar refractivity (Wildman–Crippen MR) is 98.8 cm³/mol. The van der Waals surface area contributed by atoms with Gasteiger partial charge in [0.1, 0.15) is 24.1 Å². The number of nitro groups is 1. The second kappa shape index (κ2) is 8.62. The zero-order chi connectivity index (χ0) is 20.0. The minimum Gasteiger partial charge on any atom is -0.483 e. The normalized spacial score (nSPS) is 19.0. The Morgan fingerprint density at radius 2 is 2.15 bits per heavy atom. The summed E-state index contributed by atoms with van der Waals surface area (Å²) >= 11 is 0. The van der Waals surface area contributed by atoms with E-state index in [4.69, 9.17) is 20.6 Å². The van der Waals surface area contributed by atoms with Gasteiger partial charge in [-0.15, -0.1) is 6.42 Å². The molecule has 2 rings (SSSR count). The van der Waals surface area contributed by atoms with Gasteiger partial charge in [0.25, 0.3) is 0 Å². The third kappa shape index (κ3) is 6.37. The van der Waals surface area contributed by atoms with Crippen LogP contribution in [-0.4, -0.2) is 35.4 Å². The third-order valence-corrected chi connectivity index (χ3v) is 3.85. The lowest BCUT2D eigenvalue weighted by molar-refractivity contribution is -0.386. The van der Waals surface area contributed by atoms with Crippen molar-refractivity contribution in [1.29, 1.82) is 0 Å². The van der Waals surface area contributed by atoms with Gasteiger partial charge in [0.2, 0.25) is 5.75 Å². The Bertz CT molecular complexity index is 735. The second-order valence-electron chi connectivity index (χ2n) is 7.28. The highest BCUT2D eigenvalue weighted by molar-refractivity contribution is 5.68. The SMILES string of the molecule is C#CCOc1ccc([N+](=O)[O-])c(O[C@@H]2CC[C@H](NC(=O)OC(C)(C)C)C2)c1. The smallest absolute Gasteiger partial charge is 0.407 e. The number of benzene rings is 1. The number of nitro benzene ring substituents is 1. The van der Waals surface area contributed by atoms with Gasteiger partial charge in [-0.3, -0.25) is 10.1 Å². The molecule has 1 fully saturated rings. The fourth-order valence-corrected chi connectivity index (χ4v) is 2.79. The summed E-state index contributed by atoms with van der Waals surface area (Å²) in [6, 6.07) is 4.16. The molecule has 0 aliphatic heterocycles. The number of carbonyl (C=O) groups excluding carboxylic acids is 1. The van der Waals surface area contributed by atoms with E-state index in [0.717, 1.165) is 0 Å². The maximum atomic E-state index is 11.9. The standard InChI is InChI=1S/C19H24N2O6/c1-5-10-25-14-8-9-16(21(23)24)17(12-14)26-15-7-6-13(11-15)20-18(22)27-19(2,3)4/h1,8-9,12-13,15H,6-7,10-11H2,2-4H3,(H,20,22)/t13-,15+/m0/s1. The van der Waals surface area contributed by atoms with Gasteiger partial charge in [-0.1, -0.05) is 5.92 Å². The number of rotatable bonds is 6. The Labute approximate surface area is 158 Å². The van der Waals surface area contributed by atoms with Gasteiger partial charge < -0.3 is 19.5 Å². The summed E-state index contributed by atoms with van der Waals surface area (Å²) in [4.78, 5) is 22.6. The second-order valence-corrected chi connectivity index (χ2v) is 7.28. The van der Waals surface area contributed by atoms with E-state index < -0.39 is 16.6 Å². The van der Waals surface area contributed by atoms with Gasteiger partial charge in [-0.25, -0.2) is 4.79 Å². The summed E-state index contributed by atoms with van der Waals surface area (Å²) in [5.74, 6) is 2.86. The molecule has 0 saturated heterocycles. The van der Waals surface area contributed by atoms with Gasteiger partial charge >= 0.3 is 11.8 Å². The average molecular weight is 376 g/mol. The van der Waals surface area contributed by atoms with E-state index in [-0.39, 0.29) is 30.2 Å². The lowest BCUT2D eigenvalue weighted by atomic mass is 10.2. The van der Waals surface area contributed by atoms with Crippen molar-refractivity contribution in [3.05, 3.63) is 28.3 Å². The molecule has 8 heteroatoms. The van der Waals surface area contributed by atoms with Crippen LogP contribution in [0, 0.1) is 22.5 Å². The predicted octanol–water partition coefficient (Wildman–Crippen LogP) is 3.43. The number of terminal acetylenes is 1. The molecule has 0 spiro atoms. The Morgan fingerprint density at radius 3 is 2.78 bits per heavy atom. The van der Waals surface area contributed by atoms with Crippen LogP contribution in [0.2, 0.25) is 0 Å². The van der Waals surface area contributed by atoms with E-state index in [2.05, 4.69) is 11.2 Å². The molecule has 1 aliphatic carbocycles. The highest BCUT2D eigenvalue weighted by Crippen LogP contribution is 2.34. The molecule has 1 amide bonds. The first-order valence-corrected chi connectivity index (χ1v) is 8.69. The number of hydrogen-bond acceptors (Lipinski definition) is 6. The monoisotopic (exact) mass is 376 g/mol. The lowest BCUT2D eigenvalue weighted by Crippen LogP contribution is -2.38. The molecule has 0 unspecified atom stereocenters. The highest BCUT2D eigenvalue weighted by atomic mass is 16.6. The van der Waals surface area contributed by atoms with Crippen molar-refractivity contribution in [3.63, 3.8) is 0 Å². The molecule has 0 heterocycles. The Morgan fingerprint density at radius 1 is 1.41 bits per heavy atom. The van der Waals surface area contributed by atoms with Crippen LogP contribution in [0.4, 0.5) is 10.5 Å². The maximum Gasteiger partial charge on any atom is 0.407 e. The minimum absolute atomic E-state index is 0.0581. The van der Waals surface area contributed by atoms with E-state index in [1.54, 1.807) is 20.8 Å². The molecule has 1 N–H and O–H groups in total. The van der Waals surface area contributed by atoms with Crippen LogP contribution in [0.25, 0.3) is 0 Å². The third-order valence-electron chi connectivity index (χ3n) is 3.85. The summed E-state index contributed by atoms with van der Waals surface area (Å²) < 4.78 is 16.4. The summed E-state index contributed by atoms with van der Waals surface area (Å²) in [6.45, 7) is 5.44. The summed E-state index contributed by atoms with van der Waals surface area (Å²) in [7, 11) is 0. The van der Waals surface area contributed by atoms with E-state index in [1.807, 2.05) is 0 Å². The number of nitrogens with one attached hydrogen (secondary N) is 1. The first-order chi connectivity index (χ1) is 12.7. The molecular weight excluding hydrogens is 352 g/mol. The largest absolute Gasteiger partial charge is 0.483 e. The molecule has 0 aromatic heterocycles. The van der Waals surface area contributed by atoms with Gasteiger partial charge in [0.05, 0.1) is 4.92 Å². The van der Waals surface area contributed by atoms with Crippen molar-refractivity contribution in [1.82, 2.24) is 5.32 Å². The van der Waals surface area contributed by atoms with E-state index in [0.29, 0.717) is 25.0 Å². The molecule has 1 saturated carbocycles. The fraction of sp³-hybridized carbons (Fsp3) is 0.526. The van der Waals surface area contributed by atoms with Crippen LogP contribution in [0.3, 0.4) is 0 Å². The van der Waals surface area contributed by atoms with Gasteiger partial charge in [-0.05, 0) is 39.7 Å². The zero-order valence-electron chi connectivity index (χ0n) is 15.7. The van der Waals surface area contributed by atoms with Gasteiger partial charge in [-0.2, -0.15) is 0 Å². The molecule has 1 aliphatic rings. The van der Waals surface area contributed by atoms with E-state index in [1.165, 1.54) is 18.2 Å². The average Bonchev–Trinajstić information content (AvgIpc) is 2.97. The molecule has 2 atom stereocenters. The maximum absolute atomic E-state index is 11.9. The summed E-state index contributed by atoms with van der Waals surface area (Å²) in [5.41, 5.74) is -0.718. The van der Waals surface area contributed by atoms with Crippen LogP contribution in [0.5, 0.6) is 11.5 Å². The molecule has 1 aromatic rings. The van der Waals surface area contributed by atoms with Crippen molar-refractivity contribution in [2.75, 3.05) is 6.61 Å².